The second kappa shape index (κ2) is 8.39. The van der Waals surface area contributed by atoms with Crippen molar-refractivity contribution in [3.63, 3.8) is 0 Å². The summed E-state index contributed by atoms with van der Waals surface area (Å²) in [5.74, 6) is -1.58. The van der Waals surface area contributed by atoms with E-state index in [0.29, 0.717) is 5.69 Å². The van der Waals surface area contributed by atoms with Gasteiger partial charge < -0.3 is 9.47 Å². The second-order valence-electron chi connectivity index (χ2n) is 5.96. The number of benzene rings is 2. The van der Waals surface area contributed by atoms with Gasteiger partial charge in [0.15, 0.2) is 11.6 Å². The van der Waals surface area contributed by atoms with Crippen LogP contribution in [0.25, 0.3) is 0 Å². The van der Waals surface area contributed by atoms with Crippen molar-refractivity contribution in [3.8, 4) is 5.75 Å². The Morgan fingerprint density at radius 3 is 2.26 bits per heavy atom. The molecule has 0 aliphatic carbocycles. The molecule has 0 saturated heterocycles. The minimum Gasteiger partial charge on any atom is -0.494 e. The number of anilines is 1. The average Bonchev–Trinajstić information content (AvgIpc) is 2.58. The van der Waals surface area contributed by atoms with Crippen molar-refractivity contribution in [1.29, 1.82) is 0 Å². The number of nitrogens with zero attached hydrogens (tertiary/aromatic N) is 1. The molecule has 8 heteroatoms. The van der Waals surface area contributed by atoms with E-state index in [1.807, 2.05) is 19.9 Å². The van der Waals surface area contributed by atoms with Crippen LogP contribution in [0.1, 0.15) is 18.1 Å². The molecule has 0 amide bonds. The number of carbonyl (C=O) groups is 1. The van der Waals surface area contributed by atoms with E-state index >= 15 is 0 Å². The molecule has 0 fully saturated rings. The highest BCUT2D eigenvalue weighted by Crippen LogP contribution is 2.28. The SMILES string of the molecule is CCOC(=O)CN(c1cc(C)cc(C)c1)S(=O)(=O)c1ccc(OC)c(F)c1. The van der Waals surface area contributed by atoms with Gasteiger partial charge in [-0.25, -0.2) is 12.8 Å². The van der Waals surface area contributed by atoms with E-state index in [4.69, 9.17) is 9.47 Å². The van der Waals surface area contributed by atoms with Crippen molar-refractivity contribution in [1.82, 2.24) is 0 Å². The zero-order valence-corrected chi connectivity index (χ0v) is 16.5. The fraction of sp³-hybridized carbons (Fsp3) is 0.316. The number of halogens is 1. The van der Waals surface area contributed by atoms with Gasteiger partial charge in [0.05, 0.1) is 24.3 Å². The smallest absolute Gasteiger partial charge is 0.326 e. The van der Waals surface area contributed by atoms with E-state index in [0.717, 1.165) is 21.5 Å². The maximum Gasteiger partial charge on any atom is 0.326 e. The van der Waals surface area contributed by atoms with Crippen LogP contribution in [-0.4, -0.2) is 34.6 Å². The van der Waals surface area contributed by atoms with Crippen molar-refractivity contribution < 1.29 is 27.1 Å². The largest absolute Gasteiger partial charge is 0.494 e. The highest BCUT2D eigenvalue weighted by Gasteiger charge is 2.29. The van der Waals surface area contributed by atoms with E-state index in [9.17, 15) is 17.6 Å². The minimum absolute atomic E-state index is 0.0720. The van der Waals surface area contributed by atoms with Crippen LogP contribution in [-0.2, 0) is 19.6 Å². The fourth-order valence-electron chi connectivity index (χ4n) is 2.67. The van der Waals surface area contributed by atoms with Crippen LogP contribution in [0.4, 0.5) is 10.1 Å². The summed E-state index contributed by atoms with van der Waals surface area (Å²) >= 11 is 0. The van der Waals surface area contributed by atoms with Gasteiger partial charge in [0, 0.05) is 0 Å². The molecule has 0 spiro atoms. The van der Waals surface area contributed by atoms with Gasteiger partial charge in [0.1, 0.15) is 6.54 Å². The molecule has 0 unspecified atom stereocenters. The van der Waals surface area contributed by atoms with Crippen molar-refractivity contribution in [2.75, 3.05) is 24.6 Å². The molecule has 2 aromatic carbocycles. The van der Waals surface area contributed by atoms with Gasteiger partial charge in [-0.15, -0.1) is 0 Å². The fourth-order valence-corrected chi connectivity index (χ4v) is 4.07. The molecule has 0 saturated carbocycles. The Balaban J connectivity index is 2.56. The Bertz CT molecular complexity index is 923. The van der Waals surface area contributed by atoms with E-state index in [-0.39, 0.29) is 17.3 Å². The summed E-state index contributed by atoms with van der Waals surface area (Å²) < 4.78 is 51.0. The number of aryl methyl sites for hydroxylation is 2. The molecule has 0 heterocycles. The zero-order chi connectivity index (χ0) is 20.2. The third-order valence-electron chi connectivity index (χ3n) is 3.78. The van der Waals surface area contributed by atoms with Crippen LogP contribution in [0.3, 0.4) is 0 Å². The molecule has 6 nitrogen and oxygen atoms in total. The second-order valence-corrected chi connectivity index (χ2v) is 7.82. The van der Waals surface area contributed by atoms with Gasteiger partial charge in [-0.3, -0.25) is 9.10 Å². The molecule has 0 atom stereocenters. The van der Waals surface area contributed by atoms with Gasteiger partial charge in [0.25, 0.3) is 10.0 Å². The number of esters is 1. The predicted molar refractivity (Wildman–Crippen MR) is 100 cm³/mol. The first-order valence-corrected chi connectivity index (χ1v) is 9.73. The molecule has 27 heavy (non-hydrogen) atoms. The summed E-state index contributed by atoms with van der Waals surface area (Å²) in [7, 11) is -2.92. The van der Waals surface area contributed by atoms with Crippen LogP contribution < -0.4 is 9.04 Å². The van der Waals surface area contributed by atoms with E-state index in [2.05, 4.69) is 0 Å². The number of carbonyl (C=O) groups excluding carboxylic acids is 1. The highest BCUT2D eigenvalue weighted by molar-refractivity contribution is 7.92. The Morgan fingerprint density at radius 1 is 1.11 bits per heavy atom. The van der Waals surface area contributed by atoms with Gasteiger partial charge in [-0.2, -0.15) is 0 Å². The number of hydrogen-bond acceptors (Lipinski definition) is 5. The predicted octanol–water partition coefficient (Wildman–Crippen LogP) is 3.21. The van der Waals surface area contributed by atoms with Crippen LogP contribution in [0.5, 0.6) is 5.75 Å². The van der Waals surface area contributed by atoms with Gasteiger partial charge in [-0.05, 0) is 62.2 Å². The Hall–Kier alpha value is -2.61. The van der Waals surface area contributed by atoms with Crippen molar-refractivity contribution >= 4 is 21.7 Å². The van der Waals surface area contributed by atoms with Crippen LogP contribution in [0.15, 0.2) is 41.3 Å². The summed E-state index contributed by atoms with van der Waals surface area (Å²) in [6, 6.07) is 8.50. The van der Waals surface area contributed by atoms with E-state index in [1.54, 1.807) is 19.1 Å². The molecule has 0 aliphatic rings. The molecule has 0 N–H and O–H groups in total. The normalized spacial score (nSPS) is 11.1. The Morgan fingerprint density at radius 2 is 1.74 bits per heavy atom. The third-order valence-corrected chi connectivity index (χ3v) is 5.55. The Kier molecular flexibility index (Phi) is 6.43. The van der Waals surface area contributed by atoms with E-state index < -0.39 is 28.4 Å². The summed E-state index contributed by atoms with van der Waals surface area (Å²) in [5, 5.41) is 0. The number of sulfonamides is 1. The standard InChI is InChI=1S/C19H22FNO5S/c1-5-26-19(22)12-21(15-9-13(2)8-14(3)10-15)27(23,24)16-6-7-18(25-4)17(20)11-16/h6-11H,5,12H2,1-4H3. The topological polar surface area (TPSA) is 72.9 Å². The summed E-state index contributed by atoms with van der Waals surface area (Å²) in [4.78, 5) is 11.7. The van der Waals surface area contributed by atoms with Crippen molar-refractivity contribution in [3.05, 3.63) is 53.3 Å². The summed E-state index contributed by atoms with van der Waals surface area (Å²) in [5.41, 5.74) is 1.96. The third kappa shape index (κ3) is 4.77. The first kappa shape index (κ1) is 20.7. The number of rotatable bonds is 7. The molecular formula is C19H22FNO5S. The lowest BCUT2D eigenvalue weighted by Crippen LogP contribution is -2.36. The van der Waals surface area contributed by atoms with Crippen LogP contribution in [0.2, 0.25) is 0 Å². The molecule has 146 valence electrons. The van der Waals surface area contributed by atoms with Crippen LogP contribution in [0, 0.1) is 19.7 Å². The molecule has 2 aromatic rings. The number of ether oxygens (including phenoxy) is 2. The van der Waals surface area contributed by atoms with Crippen molar-refractivity contribution in [2.24, 2.45) is 0 Å². The highest BCUT2D eigenvalue weighted by atomic mass is 32.2. The molecule has 0 aromatic heterocycles. The summed E-state index contributed by atoms with van der Waals surface area (Å²) in [6.07, 6.45) is 0. The first-order chi connectivity index (χ1) is 12.7. The van der Waals surface area contributed by atoms with Gasteiger partial charge in [0.2, 0.25) is 0 Å². The lowest BCUT2D eigenvalue weighted by Gasteiger charge is -2.24. The van der Waals surface area contributed by atoms with E-state index in [1.165, 1.54) is 19.2 Å². The quantitative estimate of drug-likeness (QED) is 0.673. The first-order valence-electron chi connectivity index (χ1n) is 8.29. The van der Waals surface area contributed by atoms with Crippen LogP contribution >= 0.6 is 0 Å². The maximum absolute atomic E-state index is 14.1. The molecule has 2 rings (SSSR count). The number of hydrogen-bond donors (Lipinski definition) is 0. The zero-order valence-electron chi connectivity index (χ0n) is 15.7. The monoisotopic (exact) mass is 395 g/mol. The maximum atomic E-state index is 14.1. The number of methoxy groups -OCH3 is 1. The minimum atomic E-state index is -4.21. The molecule has 0 aliphatic heterocycles. The molecule has 0 radical (unpaired) electrons. The Labute approximate surface area is 158 Å². The lowest BCUT2D eigenvalue weighted by molar-refractivity contribution is -0.141. The van der Waals surface area contributed by atoms with Crippen molar-refractivity contribution in [2.45, 2.75) is 25.7 Å². The molecular weight excluding hydrogens is 373 g/mol. The lowest BCUT2D eigenvalue weighted by atomic mass is 10.1. The average molecular weight is 395 g/mol. The molecule has 0 bridgehead atoms. The summed E-state index contributed by atoms with van der Waals surface area (Å²) in [6.45, 7) is 4.87. The van der Waals surface area contributed by atoms with Gasteiger partial charge in [-0.1, -0.05) is 6.07 Å². The van der Waals surface area contributed by atoms with Gasteiger partial charge >= 0.3 is 5.97 Å².